The number of rotatable bonds is 6. The van der Waals surface area contributed by atoms with Crippen LogP contribution in [0.5, 0.6) is 5.75 Å². The Morgan fingerprint density at radius 3 is 2.48 bits per heavy atom. The molecule has 0 unspecified atom stereocenters. The van der Waals surface area contributed by atoms with E-state index in [0.717, 1.165) is 36.1 Å². The molecule has 2 aromatic carbocycles. The molecule has 158 valence electrons. The average Bonchev–Trinajstić information content (AvgIpc) is 3.15. The number of hydrogen-bond acceptors (Lipinski definition) is 6. The van der Waals surface area contributed by atoms with E-state index >= 15 is 0 Å². The molecule has 31 heavy (non-hydrogen) atoms. The molecule has 6 nitrogen and oxygen atoms in total. The summed E-state index contributed by atoms with van der Waals surface area (Å²) in [6.45, 7) is -0.490. The molecule has 3 aromatic rings. The molecule has 0 radical (unpaired) electrons. The van der Waals surface area contributed by atoms with Crippen molar-refractivity contribution in [3.63, 3.8) is 0 Å². The third-order valence-corrected chi connectivity index (χ3v) is 6.31. The van der Waals surface area contributed by atoms with Gasteiger partial charge in [0.1, 0.15) is 10.8 Å². The highest BCUT2D eigenvalue weighted by Gasteiger charge is 2.27. The molecule has 0 saturated heterocycles. The van der Waals surface area contributed by atoms with Crippen LogP contribution in [0.15, 0.2) is 54.6 Å². The molecule has 1 aliphatic rings. The number of ether oxygens (including phenoxy) is 1. The zero-order valence-electron chi connectivity index (χ0n) is 16.7. The van der Waals surface area contributed by atoms with E-state index in [0.29, 0.717) is 16.1 Å². The van der Waals surface area contributed by atoms with Crippen molar-refractivity contribution in [2.75, 3.05) is 11.9 Å². The van der Waals surface area contributed by atoms with Gasteiger partial charge >= 0.3 is 5.97 Å². The predicted molar refractivity (Wildman–Crippen MR) is 118 cm³/mol. The lowest BCUT2D eigenvalue weighted by Gasteiger charge is -2.12. The third kappa shape index (κ3) is 4.67. The molecule has 1 amide bonds. The number of ketones is 1. The van der Waals surface area contributed by atoms with E-state index in [4.69, 9.17) is 4.74 Å². The first-order valence-electron chi connectivity index (χ1n) is 10.0. The van der Waals surface area contributed by atoms with Crippen LogP contribution in [0.3, 0.4) is 0 Å². The fourth-order valence-electron chi connectivity index (χ4n) is 3.64. The number of esters is 1. The average molecular weight is 436 g/mol. The summed E-state index contributed by atoms with van der Waals surface area (Å²) >= 11 is 1.42. The normalized spacial score (nSPS) is 12.6. The van der Waals surface area contributed by atoms with Crippen LogP contribution in [0.1, 0.15) is 49.6 Å². The maximum absolute atomic E-state index is 13.2. The van der Waals surface area contributed by atoms with Crippen LogP contribution in [0.25, 0.3) is 0 Å². The number of benzene rings is 2. The van der Waals surface area contributed by atoms with Crippen LogP contribution in [0, 0.1) is 0 Å². The number of thiophene rings is 1. The number of carbonyl (C=O) groups is 3. The van der Waals surface area contributed by atoms with Crippen molar-refractivity contribution >= 4 is 34.0 Å². The number of carbonyl (C=O) groups excluding carboxylic acids is 3. The number of aromatic hydroxyl groups is 1. The van der Waals surface area contributed by atoms with Gasteiger partial charge < -0.3 is 15.2 Å². The first kappa shape index (κ1) is 20.8. The largest absolute Gasteiger partial charge is 0.508 e. The van der Waals surface area contributed by atoms with Crippen LogP contribution >= 0.6 is 11.3 Å². The molecule has 0 bridgehead atoms. The molecule has 2 N–H and O–H groups in total. The van der Waals surface area contributed by atoms with Crippen LogP contribution in [0.2, 0.25) is 0 Å². The maximum atomic E-state index is 13.2. The number of fused-ring (bicyclic) bond motifs is 1. The Labute approximate surface area is 183 Å². The molecule has 0 aliphatic heterocycles. The second kappa shape index (κ2) is 9.14. The Morgan fingerprint density at radius 1 is 0.968 bits per heavy atom. The van der Waals surface area contributed by atoms with Gasteiger partial charge in [-0.1, -0.05) is 36.4 Å². The van der Waals surface area contributed by atoms with Crippen molar-refractivity contribution in [1.29, 1.82) is 0 Å². The van der Waals surface area contributed by atoms with Crippen molar-refractivity contribution in [3.05, 3.63) is 81.7 Å². The molecule has 1 aliphatic carbocycles. The summed E-state index contributed by atoms with van der Waals surface area (Å²) in [5.74, 6) is -1.41. The molecule has 1 heterocycles. The zero-order valence-corrected chi connectivity index (χ0v) is 17.5. The third-order valence-electron chi connectivity index (χ3n) is 5.10. The molecular weight excluding hydrogens is 414 g/mol. The van der Waals surface area contributed by atoms with E-state index < -0.39 is 18.5 Å². The number of phenols is 1. The van der Waals surface area contributed by atoms with E-state index in [-0.39, 0.29) is 17.1 Å². The van der Waals surface area contributed by atoms with Crippen molar-refractivity contribution in [2.24, 2.45) is 0 Å². The van der Waals surface area contributed by atoms with Gasteiger partial charge in [0, 0.05) is 10.4 Å². The van der Waals surface area contributed by atoms with Crippen LogP contribution in [0.4, 0.5) is 5.00 Å². The second-order valence-corrected chi connectivity index (χ2v) is 8.39. The lowest BCUT2D eigenvalue weighted by Crippen LogP contribution is -2.21. The Balaban J connectivity index is 1.51. The predicted octanol–water partition coefficient (Wildman–Crippen LogP) is 4.36. The van der Waals surface area contributed by atoms with Gasteiger partial charge in [-0.05, 0) is 49.4 Å². The topological polar surface area (TPSA) is 92.7 Å². The maximum Gasteiger partial charge on any atom is 0.338 e. The summed E-state index contributed by atoms with van der Waals surface area (Å²) in [6.07, 6.45) is 3.76. The molecule has 4 rings (SSSR count). The van der Waals surface area contributed by atoms with E-state index in [2.05, 4.69) is 5.32 Å². The SMILES string of the molecule is O=C(COC(=O)c1cccc(O)c1)Nc1sc2c(c1C(=O)c1ccccc1)CCCC2. The minimum atomic E-state index is -0.711. The van der Waals surface area contributed by atoms with E-state index in [1.807, 2.05) is 18.2 Å². The number of anilines is 1. The monoisotopic (exact) mass is 435 g/mol. The number of nitrogens with one attached hydrogen (secondary N) is 1. The molecule has 0 saturated carbocycles. The van der Waals surface area contributed by atoms with Gasteiger partial charge in [-0.15, -0.1) is 11.3 Å². The number of phenolic OH excluding ortho intramolecular Hbond substituents is 1. The number of aryl methyl sites for hydroxylation is 1. The van der Waals surface area contributed by atoms with Crippen LogP contribution < -0.4 is 5.32 Å². The molecule has 0 spiro atoms. The summed E-state index contributed by atoms with van der Waals surface area (Å²) in [4.78, 5) is 38.9. The standard InChI is InChI=1S/C24H21NO5S/c26-17-10-6-9-16(13-17)24(29)30-14-20(27)25-23-21(18-11-4-5-12-19(18)31-23)22(28)15-7-2-1-3-8-15/h1-3,6-10,13,26H,4-5,11-12,14H2,(H,25,27). The fourth-order valence-corrected chi connectivity index (χ4v) is 4.94. The smallest absolute Gasteiger partial charge is 0.338 e. The summed E-state index contributed by atoms with van der Waals surface area (Å²) in [5.41, 5.74) is 2.27. The number of amides is 1. The highest BCUT2D eigenvalue weighted by molar-refractivity contribution is 7.17. The van der Waals surface area contributed by atoms with Crippen molar-refractivity contribution < 1.29 is 24.2 Å². The quantitative estimate of drug-likeness (QED) is 0.443. The number of hydrogen-bond donors (Lipinski definition) is 2. The van der Waals surface area contributed by atoms with E-state index in [1.54, 1.807) is 12.1 Å². The highest BCUT2D eigenvalue weighted by atomic mass is 32.1. The molecule has 1 aromatic heterocycles. The van der Waals surface area contributed by atoms with Crippen molar-refractivity contribution in [1.82, 2.24) is 0 Å². The van der Waals surface area contributed by atoms with Crippen molar-refractivity contribution in [2.45, 2.75) is 25.7 Å². The lowest BCUT2D eigenvalue weighted by molar-refractivity contribution is -0.119. The first-order valence-corrected chi connectivity index (χ1v) is 10.8. The van der Waals surface area contributed by atoms with E-state index in [9.17, 15) is 19.5 Å². The van der Waals surface area contributed by atoms with Crippen molar-refractivity contribution in [3.8, 4) is 5.75 Å². The van der Waals surface area contributed by atoms with E-state index in [1.165, 1.54) is 35.6 Å². The molecule has 0 fully saturated rings. The summed E-state index contributed by atoms with van der Waals surface area (Å²) < 4.78 is 5.06. The van der Waals surface area contributed by atoms with Gasteiger partial charge in [0.2, 0.25) is 0 Å². The Hall–Kier alpha value is -3.45. The molecular formula is C24H21NO5S. The van der Waals surface area contributed by atoms with Crippen LogP contribution in [-0.4, -0.2) is 29.4 Å². The van der Waals surface area contributed by atoms with Gasteiger partial charge in [-0.2, -0.15) is 0 Å². The highest BCUT2D eigenvalue weighted by Crippen LogP contribution is 2.39. The Kier molecular flexibility index (Phi) is 6.13. The molecule has 7 heteroatoms. The molecule has 0 atom stereocenters. The van der Waals surface area contributed by atoms with Gasteiger partial charge in [-0.3, -0.25) is 9.59 Å². The second-order valence-electron chi connectivity index (χ2n) is 7.28. The minimum absolute atomic E-state index is 0.0628. The fraction of sp³-hybridized carbons (Fsp3) is 0.208. The van der Waals surface area contributed by atoms with Crippen LogP contribution in [-0.2, 0) is 22.4 Å². The first-order chi connectivity index (χ1) is 15.0. The minimum Gasteiger partial charge on any atom is -0.508 e. The Bertz CT molecular complexity index is 1140. The van der Waals surface area contributed by atoms with Gasteiger partial charge in [0.25, 0.3) is 5.91 Å². The zero-order chi connectivity index (χ0) is 21.8. The van der Waals surface area contributed by atoms with Gasteiger partial charge in [0.15, 0.2) is 12.4 Å². The van der Waals surface area contributed by atoms with Gasteiger partial charge in [0.05, 0.1) is 11.1 Å². The summed E-state index contributed by atoms with van der Waals surface area (Å²) in [5, 5.41) is 12.7. The lowest BCUT2D eigenvalue weighted by atomic mass is 9.92. The summed E-state index contributed by atoms with van der Waals surface area (Å²) in [6, 6.07) is 14.7. The van der Waals surface area contributed by atoms with Gasteiger partial charge in [-0.25, -0.2) is 4.79 Å². The Morgan fingerprint density at radius 2 is 1.71 bits per heavy atom. The summed E-state index contributed by atoms with van der Waals surface area (Å²) in [7, 11) is 0.